The van der Waals surface area contributed by atoms with E-state index in [0.717, 1.165) is 20.1 Å². The number of aryl methyl sites for hydroxylation is 1. The second kappa shape index (κ2) is 4.63. The summed E-state index contributed by atoms with van der Waals surface area (Å²) in [5, 5.41) is 0.896. The van der Waals surface area contributed by atoms with Crippen LogP contribution in [-0.2, 0) is 6.42 Å². The van der Waals surface area contributed by atoms with E-state index in [1.807, 2.05) is 43.3 Å². The SMILES string of the molecule is Cc1ccc(C(=O)Cc2nc3ccccc3s2)s1. The number of aromatic nitrogens is 1. The van der Waals surface area contributed by atoms with Crippen LogP contribution in [0.5, 0.6) is 0 Å². The van der Waals surface area contributed by atoms with Gasteiger partial charge in [0.05, 0.1) is 21.5 Å². The highest BCUT2D eigenvalue weighted by molar-refractivity contribution is 7.18. The molecule has 0 spiro atoms. The van der Waals surface area contributed by atoms with Crippen LogP contribution in [0.3, 0.4) is 0 Å². The topological polar surface area (TPSA) is 30.0 Å². The molecular weight excluding hydrogens is 262 g/mol. The van der Waals surface area contributed by atoms with Gasteiger partial charge in [-0.1, -0.05) is 12.1 Å². The van der Waals surface area contributed by atoms with E-state index in [2.05, 4.69) is 4.98 Å². The summed E-state index contributed by atoms with van der Waals surface area (Å²) in [6.07, 6.45) is 0.402. The third kappa shape index (κ3) is 2.21. The first kappa shape index (κ1) is 11.6. The Morgan fingerprint density at radius 1 is 1.17 bits per heavy atom. The smallest absolute Gasteiger partial charge is 0.179 e. The number of hydrogen-bond acceptors (Lipinski definition) is 4. The summed E-state index contributed by atoms with van der Waals surface area (Å²) in [7, 11) is 0. The van der Waals surface area contributed by atoms with Gasteiger partial charge in [0.15, 0.2) is 5.78 Å². The van der Waals surface area contributed by atoms with E-state index < -0.39 is 0 Å². The van der Waals surface area contributed by atoms with Gasteiger partial charge in [-0.25, -0.2) is 4.98 Å². The minimum Gasteiger partial charge on any atom is -0.293 e. The monoisotopic (exact) mass is 273 g/mol. The first-order valence-electron chi connectivity index (χ1n) is 5.66. The number of thiazole rings is 1. The normalized spacial score (nSPS) is 10.9. The van der Waals surface area contributed by atoms with Gasteiger partial charge < -0.3 is 0 Å². The highest BCUT2D eigenvalue weighted by Crippen LogP contribution is 2.24. The zero-order valence-electron chi connectivity index (χ0n) is 9.84. The molecule has 1 aromatic carbocycles. The van der Waals surface area contributed by atoms with Gasteiger partial charge in [-0.2, -0.15) is 0 Å². The number of para-hydroxylation sites is 1. The van der Waals surface area contributed by atoms with Crippen LogP contribution in [0, 0.1) is 6.92 Å². The van der Waals surface area contributed by atoms with Gasteiger partial charge in [-0.05, 0) is 31.2 Å². The number of benzene rings is 1. The number of hydrogen-bond donors (Lipinski definition) is 0. The van der Waals surface area contributed by atoms with Crippen molar-refractivity contribution in [2.24, 2.45) is 0 Å². The van der Waals surface area contributed by atoms with E-state index >= 15 is 0 Å². The minimum absolute atomic E-state index is 0.159. The van der Waals surface area contributed by atoms with Crippen LogP contribution in [0.2, 0.25) is 0 Å². The van der Waals surface area contributed by atoms with E-state index in [9.17, 15) is 4.79 Å². The van der Waals surface area contributed by atoms with Crippen LogP contribution in [0.4, 0.5) is 0 Å². The predicted octanol–water partition coefficient (Wildman–Crippen LogP) is 4.09. The Kier molecular flexibility index (Phi) is 2.97. The third-order valence-corrected chi connectivity index (χ3v) is 4.74. The Balaban J connectivity index is 1.86. The zero-order valence-corrected chi connectivity index (χ0v) is 11.5. The lowest BCUT2D eigenvalue weighted by Crippen LogP contribution is -2.00. The van der Waals surface area contributed by atoms with Gasteiger partial charge in [-0.15, -0.1) is 22.7 Å². The van der Waals surface area contributed by atoms with Crippen molar-refractivity contribution < 1.29 is 4.79 Å². The molecule has 0 aliphatic heterocycles. The molecule has 0 unspecified atom stereocenters. The molecule has 0 fully saturated rings. The molecule has 3 rings (SSSR count). The molecule has 0 bridgehead atoms. The maximum Gasteiger partial charge on any atom is 0.179 e. The van der Waals surface area contributed by atoms with Crippen LogP contribution >= 0.6 is 22.7 Å². The number of rotatable bonds is 3. The molecule has 3 aromatic rings. The van der Waals surface area contributed by atoms with Gasteiger partial charge in [0.1, 0.15) is 5.01 Å². The van der Waals surface area contributed by atoms with Crippen LogP contribution in [-0.4, -0.2) is 10.8 Å². The number of thiophene rings is 1. The Morgan fingerprint density at radius 3 is 2.72 bits per heavy atom. The van der Waals surface area contributed by atoms with E-state index in [1.54, 1.807) is 22.7 Å². The summed E-state index contributed by atoms with van der Waals surface area (Å²) >= 11 is 3.15. The summed E-state index contributed by atoms with van der Waals surface area (Å²) in [6, 6.07) is 11.9. The van der Waals surface area contributed by atoms with Gasteiger partial charge >= 0.3 is 0 Å². The highest BCUT2D eigenvalue weighted by Gasteiger charge is 2.12. The summed E-state index contributed by atoms with van der Waals surface area (Å²) < 4.78 is 1.14. The largest absolute Gasteiger partial charge is 0.293 e. The Bertz CT molecular complexity index is 678. The van der Waals surface area contributed by atoms with Crippen LogP contribution in [0.1, 0.15) is 19.6 Å². The molecular formula is C14H11NOS2. The molecule has 0 amide bonds. The summed E-state index contributed by atoms with van der Waals surface area (Å²) in [4.78, 5) is 18.6. The average Bonchev–Trinajstić information content (AvgIpc) is 2.94. The molecule has 0 aliphatic rings. The molecule has 0 radical (unpaired) electrons. The molecule has 4 heteroatoms. The first-order valence-corrected chi connectivity index (χ1v) is 7.30. The molecule has 2 aromatic heterocycles. The van der Waals surface area contributed by atoms with Crippen molar-refractivity contribution in [3.63, 3.8) is 0 Å². The van der Waals surface area contributed by atoms with Crippen LogP contribution in [0.25, 0.3) is 10.2 Å². The lowest BCUT2D eigenvalue weighted by molar-refractivity contribution is 0.0997. The molecule has 0 saturated heterocycles. The lowest BCUT2D eigenvalue weighted by Gasteiger charge is -1.92. The molecule has 18 heavy (non-hydrogen) atoms. The molecule has 0 N–H and O–H groups in total. The van der Waals surface area contributed by atoms with E-state index in [0.29, 0.717) is 6.42 Å². The fraction of sp³-hybridized carbons (Fsp3) is 0.143. The van der Waals surface area contributed by atoms with Crippen molar-refractivity contribution in [1.82, 2.24) is 4.98 Å². The average molecular weight is 273 g/mol. The summed E-state index contributed by atoms with van der Waals surface area (Å²) in [6.45, 7) is 2.01. The van der Waals surface area contributed by atoms with E-state index in [1.165, 1.54) is 4.88 Å². The molecule has 2 nitrogen and oxygen atoms in total. The lowest BCUT2D eigenvalue weighted by atomic mass is 10.2. The summed E-state index contributed by atoms with van der Waals surface area (Å²) in [5.41, 5.74) is 0.979. The van der Waals surface area contributed by atoms with Crippen molar-refractivity contribution in [3.05, 3.63) is 51.2 Å². The Labute approximate surface area is 113 Å². The number of Topliss-reactive ketones (excluding diaryl/α,β-unsaturated/α-hetero) is 1. The maximum atomic E-state index is 12.1. The third-order valence-electron chi connectivity index (χ3n) is 2.67. The second-order valence-electron chi connectivity index (χ2n) is 4.09. The number of carbonyl (C=O) groups excluding carboxylic acids is 1. The van der Waals surface area contributed by atoms with Crippen molar-refractivity contribution in [3.8, 4) is 0 Å². The Morgan fingerprint density at radius 2 is 2.00 bits per heavy atom. The molecule has 2 heterocycles. The Hall–Kier alpha value is -1.52. The number of nitrogens with zero attached hydrogens (tertiary/aromatic N) is 1. The predicted molar refractivity (Wildman–Crippen MR) is 76.7 cm³/mol. The van der Waals surface area contributed by atoms with Crippen LogP contribution < -0.4 is 0 Å². The van der Waals surface area contributed by atoms with Crippen molar-refractivity contribution in [1.29, 1.82) is 0 Å². The number of fused-ring (bicyclic) bond motifs is 1. The van der Waals surface area contributed by atoms with E-state index in [4.69, 9.17) is 0 Å². The van der Waals surface area contributed by atoms with E-state index in [-0.39, 0.29) is 5.78 Å². The quantitative estimate of drug-likeness (QED) is 0.673. The van der Waals surface area contributed by atoms with Crippen LogP contribution in [0.15, 0.2) is 36.4 Å². The molecule has 0 saturated carbocycles. The second-order valence-corrected chi connectivity index (χ2v) is 6.49. The molecule has 90 valence electrons. The molecule has 0 aliphatic carbocycles. The van der Waals surface area contributed by atoms with Gasteiger partial charge in [0.25, 0.3) is 0 Å². The first-order chi connectivity index (χ1) is 8.72. The number of ketones is 1. The standard InChI is InChI=1S/C14H11NOS2/c1-9-6-7-13(17-9)11(16)8-14-15-10-4-2-3-5-12(10)18-14/h2-7H,8H2,1H3. The van der Waals surface area contributed by atoms with Crippen molar-refractivity contribution in [2.75, 3.05) is 0 Å². The zero-order chi connectivity index (χ0) is 12.5. The summed E-state index contributed by atoms with van der Waals surface area (Å²) in [5.74, 6) is 0.159. The minimum atomic E-state index is 0.159. The van der Waals surface area contributed by atoms with Crippen molar-refractivity contribution >= 4 is 38.7 Å². The van der Waals surface area contributed by atoms with Gasteiger partial charge in [0.2, 0.25) is 0 Å². The van der Waals surface area contributed by atoms with Crippen molar-refractivity contribution in [2.45, 2.75) is 13.3 Å². The highest BCUT2D eigenvalue weighted by atomic mass is 32.1. The molecule has 0 atom stereocenters. The van der Waals surface area contributed by atoms with Gasteiger partial charge in [0, 0.05) is 4.88 Å². The number of carbonyl (C=O) groups is 1. The van der Waals surface area contributed by atoms with Gasteiger partial charge in [-0.3, -0.25) is 4.79 Å². The fourth-order valence-corrected chi connectivity index (χ4v) is 3.58. The fourth-order valence-electron chi connectivity index (χ4n) is 1.80. The maximum absolute atomic E-state index is 12.1.